The lowest BCUT2D eigenvalue weighted by Gasteiger charge is -1.98. The van der Waals surface area contributed by atoms with Gasteiger partial charge in [-0.2, -0.15) is 5.10 Å². The highest BCUT2D eigenvalue weighted by Gasteiger charge is 2.03. The van der Waals surface area contributed by atoms with Gasteiger partial charge in [0.05, 0.1) is 23.5 Å². The van der Waals surface area contributed by atoms with Crippen molar-refractivity contribution in [2.75, 3.05) is 7.11 Å². The van der Waals surface area contributed by atoms with E-state index < -0.39 is 0 Å². The first kappa shape index (κ1) is 7.57. The van der Waals surface area contributed by atoms with Crippen LogP contribution in [0.4, 0.5) is 0 Å². The highest BCUT2D eigenvalue weighted by atomic mass is 35.5. The van der Waals surface area contributed by atoms with Gasteiger partial charge >= 0.3 is 0 Å². The molecular weight excluding hydrogens is 152 g/mol. The molecule has 0 bridgehead atoms. The van der Waals surface area contributed by atoms with E-state index in [0.717, 1.165) is 5.69 Å². The van der Waals surface area contributed by atoms with Gasteiger partial charge in [-0.1, -0.05) is 11.6 Å². The van der Waals surface area contributed by atoms with Crippen molar-refractivity contribution in [3.63, 3.8) is 0 Å². The second kappa shape index (κ2) is 3.03. The van der Waals surface area contributed by atoms with E-state index in [1.54, 1.807) is 18.0 Å². The first-order valence-electron chi connectivity index (χ1n) is 2.91. The molecule has 1 rings (SSSR count). The fraction of sp³-hybridized carbons (Fsp3) is 0.500. The van der Waals surface area contributed by atoms with E-state index in [1.165, 1.54) is 0 Å². The summed E-state index contributed by atoms with van der Waals surface area (Å²) in [6, 6.07) is 0. The molecule has 0 aliphatic rings. The third kappa shape index (κ3) is 1.30. The lowest BCUT2D eigenvalue weighted by molar-refractivity contribution is 0.178. The van der Waals surface area contributed by atoms with Gasteiger partial charge in [-0.3, -0.25) is 4.68 Å². The normalized spacial score (nSPS) is 10.3. The van der Waals surface area contributed by atoms with Crippen LogP contribution in [0.5, 0.6) is 0 Å². The Labute approximate surface area is 64.6 Å². The summed E-state index contributed by atoms with van der Waals surface area (Å²) in [5, 5.41) is 4.60. The third-order valence-electron chi connectivity index (χ3n) is 1.29. The van der Waals surface area contributed by atoms with Crippen LogP contribution in [0.25, 0.3) is 0 Å². The van der Waals surface area contributed by atoms with Gasteiger partial charge < -0.3 is 4.74 Å². The van der Waals surface area contributed by atoms with Gasteiger partial charge in [0.2, 0.25) is 0 Å². The van der Waals surface area contributed by atoms with Crippen LogP contribution >= 0.6 is 11.6 Å². The molecule has 0 saturated carbocycles. The topological polar surface area (TPSA) is 27.1 Å². The maximum absolute atomic E-state index is 5.76. The minimum atomic E-state index is 0.509. The molecule has 0 aliphatic carbocycles. The van der Waals surface area contributed by atoms with Gasteiger partial charge in [-0.15, -0.1) is 0 Å². The van der Waals surface area contributed by atoms with E-state index in [4.69, 9.17) is 16.3 Å². The maximum Gasteiger partial charge on any atom is 0.0896 e. The Bertz CT molecular complexity index is 202. The van der Waals surface area contributed by atoms with Crippen molar-refractivity contribution in [1.29, 1.82) is 0 Å². The van der Waals surface area contributed by atoms with Gasteiger partial charge in [-0.05, 0) is 0 Å². The predicted octanol–water partition coefficient (Wildman–Crippen LogP) is 1.22. The zero-order chi connectivity index (χ0) is 7.56. The molecular formula is C6H9ClN2O. The maximum atomic E-state index is 5.76. The number of hydrogen-bond donors (Lipinski definition) is 0. The van der Waals surface area contributed by atoms with Gasteiger partial charge in [0.25, 0.3) is 0 Å². The first-order chi connectivity index (χ1) is 4.75. The summed E-state index contributed by atoms with van der Waals surface area (Å²) in [6.07, 6.45) is 1.61. The molecule has 0 fully saturated rings. The molecule has 0 spiro atoms. The van der Waals surface area contributed by atoms with Crippen LogP contribution in [0.15, 0.2) is 6.20 Å². The first-order valence-corrected chi connectivity index (χ1v) is 3.29. The van der Waals surface area contributed by atoms with E-state index in [2.05, 4.69) is 5.10 Å². The fourth-order valence-electron chi connectivity index (χ4n) is 0.735. The molecule has 56 valence electrons. The molecule has 0 radical (unpaired) electrons. The molecule has 0 amide bonds. The Hall–Kier alpha value is -0.540. The Kier molecular flexibility index (Phi) is 2.29. The number of methoxy groups -OCH3 is 1. The lowest BCUT2D eigenvalue weighted by Crippen LogP contribution is -1.99. The fourth-order valence-corrected chi connectivity index (χ4v) is 0.956. The highest BCUT2D eigenvalue weighted by molar-refractivity contribution is 6.31. The predicted molar refractivity (Wildman–Crippen MR) is 38.9 cm³/mol. The van der Waals surface area contributed by atoms with Crippen LogP contribution in [-0.4, -0.2) is 16.9 Å². The summed E-state index contributed by atoms with van der Waals surface area (Å²) >= 11 is 5.76. The summed E-state index contributed by atoms with van der Waals surface area (Å²) in [7, 11) is 3.46. The second-order valence-electron chi connectivity index (χ2n) is 2.00. The minimum Gasteiger partial charge on any atom is -0.378 e. The number of aryl methyl sites for hydroxylation is 1. The van der Waals surface area contributed by atoms with E-state index in [1.807, 2.05) is 7.05 Å². The van der Waals surface area contributed by atoms with E-state index >= 15 is 0 Å². The van der Waals surface area contributed by atoms with Crippen molar-refractivity contribution < 1.29 is 4.74 Å². The molecule has 0 atom stereocenters. The van der Waals surface area contributed by atoms with Crippen molar-refractivity contribution in [2.24, 2.45) is 7.05 Å². The Balaban J connectivity index is 2.87. The zero-order valence-electron chi connectivity index (χ0n) is 5.97. The van der Waals surface area contributed by atoms with Crippen LogP contribution in [0, 0.1) is 0 Å². The van der Waals surface area contributed by atoms with Crippen molar-refractivity contribution in [3.05, 3.63) is 16.9 Å². The molecule has 4 heteroatoms. The standard InChI is InChI=1S/C6H9ClN2O/c1-9-6(4-10-2)5(7)3-8-9/h3H,4H2,1-2H3. The molecule has 0 aromatic carbocycles. The van der Waals surface area contributed by atoms with Crippen molar-refractivity contribution >= 4 is 11.6 Å². The number of rotatable bonds is 2. The van der Waals surface area contributed by atoms with Crippen LogP contribution in [0.1, 0.15) is 5.69 Å². The zero-order valence-corrected chi connectivity index (χ0v) is 6.72. The number of aromatic nitrogens is 2. The molecule has 1 aromatic rings. The van der Waals surface area contributed by atoms with E-state index in [9.17, 15) is 0 Å². The molecule has 3 nitrogen and oxygen atoms in total. The molecule has 0 N–H and O–H groups in total. The van der Waals surface area contributed by atoms with Gasteiger partial charge in [-0.25, -0.2) is 0 Å². The average Bonchev–Trinajstić information content (AvgIpc) is 2.20. The molecule has 1 heterocycles. The minimum absolute atomic E-state index is 0.509. The number of nitrogens with zero attached hydrogens (tertiary/aromatic N) is 2. The van der Waals surface area contributed by atoms with Crippen LogP contribution in [0.2, 0.25) is 5.02 Å². The van der Waals surface area contributed by atoms with Gasteiger partial charge in [0.15, 0.2) is 0 Å². The smallest absolute Gasteiger partial charge is 0.0896 e. The summed E-state index contributed by atoms with van der Waals surface area (Å²) in [4.78, 5) is 0. The summed E-state index contributed by atoms with van der Waals surface area (Å²) in [5.41, 5.74) is 0.907. The highest BCUT2D eigenvalue weighted by Crippen LogP contribution is 2.13. The summed E-state index contributed by atoms with van der Waals surface area (Å²) < 4.78 is 6.60. The van der Waals surface area contributed by atoms with Gasteiger partial charge in [0.1, 0.15) is 0 Å². The van der Waals surface area contributed by atoms with E-state index in [-0.39, 0.29) is 0 Å². The van der Waals surface area contributed by atoms with Crippen LogP contribution in [0.3, 0.4) is 0 Å². The van der Waals surface area contributed by atoms with Crippen molar-refractivity contribution in [3.8, 4) is 0 Å². The van der Waals surface area contributed by atoms with Crippen LogP contribution in [-0.2, 0) is 18.4 Å². The quantitative estimate of drug-likeness (QED) is 0.651. The second-order valence-corrected chi connectivity index (χ2v) is 2.40. The van der Waals surface area contributed by atoms with Crippen molar-refractivity contribution in [2.45, 2.75) is 6.61 Å². The SMILES string of the molecule is COCc1c(Cl)cnn1C. The molecule has 0 saturated heterocycles. The Morgan fingerprint density at radius 2 is 2.50 bits per heavy atom. The number of ether oxygens (including phenoxy) is 1. The molecule has 0 unspecified atom stereocenters. The number of halogens is 1. The largest absolute Gasteiger partial charge is 0.378 e. The van der Waals surface area contributed by atoms with Crippen LogP contribution < -0.4 is 0 Å². The Morgan fingerprint density at radius 3 is 2.90 bits per heavy atom. The number of hydrogen-bond acceptors (Lipinski definition) is 2. The Morgan fingerprint density at radius 1 is 1.80 bits per heavy atom. The average molecular weight is 161 g/mol. The van der Waals surface area contributed by atoms with E-state index in [0.29, 0.717) is 11.6 Å². The molecule has 10 heavy (non-hydrogen) atoms. The molecule has 1 aromatic heterocycles. The van der Waals surface area contributed by atoms with Gasteiger partial charge in [0, 0.05) is 14.2 Å². The van der Waals surface area contributed by atoms with Crippen molar-refractivity contribution in [1.82, 2.24) is 9.78 Å². The lowest BCUT2D eigenvalue weighted by atomic mass is 10.4. The summed E-state index contributed by atoms with van der Waals surface area (Å²) in [5.74, 6) is 0. The third-order valence-corrected chi connectivity index (χ3v) is 1.61. The monoisotopic (exact) mass is 160 g/mol. The molecule has 0 aliphatic heterocycles. The summed E-state index contributed by atoms with van der Waals surface area (Å²) in [6.45, 7) is 0.509.